The Balaban J connectivity index is 1.69. The molecule has 40 heavy (non-hydrogen) atoms. The van der Waals surface area contributed by atoms with Crippen molar-refractivity contribution >= 4 is 40.7 Å². The van der Waals surface area contributed by atoms with Crippen LogP contribution in [0.2, 0.25) is 0 Å². The van der Waals surface area contributed by atoms with Gasteiger partial charge in [-0.25, -0.2) is 0 Å². The highest BCUT2D eigenvalue weighted by Gasteiger charge is 2.43. The Bertz CT molecular complexity index is 1080. The first kappa shape index (κ1) is 30.7. The zero-order valence-corrected chi connectivity index (χ0v) is 25.0. The van der Waals surface area contributed by atoms with Gasteiger partial charge in [-0.05, 0) is 66.0 Å². The second-order valence-corrected chi connectivity index (χ2v) is 11.9. The molecule has 1 heterocycles. The maximum atomic E-state index is 13.9. The van der Waals surface area contributed by atoms with Gasteiger partial charge in [0.2, 0.25) is 11.8 Å². The average molecular weight is 671 g/mol. The number of rotatable bonds is 11. The second kappa shape index (κ2) is 14.6. The van der Waals surface area contributed by atoms with Crippen molar-refractivity contribution < 1.29 is 38.8 Å². The van der Waals surface area contributed by atoms with E-state index in [1.807, 2.05) is 22.6 Å². The van der Waals surface area contributed by atoms with Crippen LogP contribution in [0.25, 0.3) is 0 Å². The molecule has 2 aliphatic carbocycles. The van der Waals surface area contributed by atoms with Crippen LogP contribution in [-0.2, 0) is 14.3 Å². The predicted octanol–water partition coefficient (Wildman–Crippen LogP) is 2.47. The van der Waals surface area contributed by atoms with Crippen LogP contribution in [0.15, 0.2) is 23.8 Å². The number of aliphatic hydroxyl groups is 2. The number of nitrogens with one attached hydrogen (secondary N) is 1. The molecule has 0 aromatic heterocycles. The Morgan fingerprint density at radius 1 is 1.23 bits per heavy atom. The van der Waals surface area contributed by atoms with Gasteiger partial charge >= 0.3 is 0 Å². The van der Waals surface area contributed by atoms with Crippen molar-refractivity contribution in [1.29, 1.82) is 0 Å². The van der Waals surface area contributed by atoms with Crippen molar-refractivity contribution in [2.45, 2.75) is 63.2 Å². The lowest BCUT2D eigenvalue weighted by molar-refractivity contribution is -0.144. The van der Waals surface area contributed by atoms with E-state index in [1.165, 1.54) is 13.5 Å². The van der Waals surface area contributed by atoms with Crippen LogP contribution in [-0.4, -0.2) is 91.5 Å². The molecule has 1 unspecified atom stereocenters. The standard InChI is InChI=1S/C29H39IN2O8/c1-38-25-12-19(16-34)11-22(30)27(25)40-24-14-21(28(36)31-8-9-33)13-23(26(24)35)32(15-18-5-3-2-4-6-18)29(37)20-7-10-39-17-20/h11-12,14,16,18,20,23-24,26,33,35H,2-10,13,15,17H2,1H3,(H,31,36)/t20?,23-,24+,26+/m1/s1. The second-order valence-electron chi connectivity index (χ2n) is 10.7. The lowest BCUT2D eigenvalue weighted by Gasteiger charge is -2.43. The fourth-order valence-corrected chi connectivity index (χ4v) is 6.59. The first-order valence-corrected chi connectivity index (χ1v) is 15.1. The van der Waals surface area contributed by atoms with Crippen LogP contribution < -0.4 is 14.8 Å². The highest BCUT2D eigenvalue weighted by molar-refractivity contribution is 14.1. The number of aldehydes is 1. The van der Waals surface area contributed by atoms with Gasteiger partial charge in [0.05, 0.1) is 35.9 Å². The largest absolute Gasteiger partial charge is 0.493 e. The molecular formula is C29H39IN2O8. The van der Waals surface area contributed by atoms with Gasteiger partial charge in [-0.2, -0.15) is 0 Å². The van der Waals surface area contributed by atoms with Crippen LogP contribution in [0, 0.1) is 15.4 Å². The minimum absolute atomic E-state index is 0.0645. The quantitative estimate of drug-likeness (QED) is 0.242. The van der Waals surface area contributed by atoms with E-state index in [2.05, 4.69) is 5.32 Å². The lowest BCUT2D eigenvalue weighted by atomic mass is 9.84. The van der Waals surface area contributed by atoms with Gasteiger partial charge in [0.25, 0.3) is 0 Å². The van der Waals surface area contributed by atoms with Crippen molar-refractivity contribution in [2.75, 3.05) is 40.0 Å². The third kappa shape index (κ3) is 7.34. The van der Waals surface area contributed by atoms with Crippen molar-refractivity contribution in [3.8, 4) is 11.5 Å². The Kier molecular flexibility index (Phi) is 11.2. The number of aliphatic hydroxyl groups excluding tert-OH is 2. The Morgan fingerprint density at radius 2 is 2.00 bits per heavy atom. The van der Waals surface area contributed by atoms with Crippen LogP contribution in [0.4, 0.5) is 0 Å². The summed E-state index contributed by atoms with van der Waals surface area (Å²) in [6.07, 6.45) is 6.43. The minimum atomic E-state index is -1.13. The van der Waals surface area contributed by atoms with Crippen LogP contribution in [0.1, 0.15) is 55.3 Å². The van der Waals surface area contributed by atoms with E-state index in [0.29, 0.717) is 64.6 Å². The van der Waals surface area contributed by atoms with E-state index in [1.54, 1.807) is 23.1 Å². The average Bonchev–Trinajstić information content (AvgIpc) is 3.52. The summed E-state index contributed by atoms with van der Waals surface area (Å²) >= 11 is 2.04. The van der Waals surface area contributed by atoms with Gasteiger partial charge in [0.15, 0.2) is 11.5 Å². The molecule has 10 nitrogen and oxygen atoms in total. The number of hydrogen-bond acceptors (Lipinski definition) is 8. The molecule has 4 rings (SSSR count). The molecule has 0 radical (unpaired) electrons. The maximum absolute atomic E-state index is 13.9. The summed E-state index contributed by atoms with van der Waals surface area (Å²) in [7, 11) is 1.46. The van der Waals surface area contributed by atoms with E-state index in [-0.39, 0.29) is 37.3 Å². The number of amides is 2. The summed E-state index contributed by atoms with van der Waals surface area (Å²) in [6.45, 7) is 1.25. The van der Waals surface area contributed by atoms with Crippen molar-refractivity contribution in [2.24, 2.45) is 11.8 Å². The number of carbonyl (C=O) groups is 3. The summed E-state index contributed by atoms with van der Waals surface area (Å²) in [4.78, 5) is 40.2. The van der Waals surface area contributed by atoms with E-state index < -0.39 is 18.2 Å². The van der Waals surface area contributed by atoms with Crippen molar-refractivity contribution in [3.63, 3.8) is 0 Å². The summed E-state index contributed by atoms with van der Waals surface area (Å²) in [5, 5.41) is 23.7. The number of carbonyl (C=O) groups excluding carboxylic acids is 3. The summed E-state index contributed by atoms with van der Waals surface area (Å²) in [5.74, 6) is 0.239. The molecule has 3 aliphatic rings. The molecule has 11 heteroatoms. The monoisotopic (exact) mass is 670 g/mol. The topological polar surface area (TPSA) is 135 Å². The molecule has 1 saturated carbocycles. The first-order chi connectivity index (χ1) is 19.4. The SMILES string of the molecule is COc1cc(C=O)cc(I)c1O[C@H]1C=C(C(=O)NCCO)C[C@@H](N(CC2CCCCC2)C(=O)C2CCOC2)[C@@H]1O. The van der Waals surface area contributed by atoms with Gasteiger partial charge in [-0.15, -0.1) is 0 Å². The normalized spacial score (nSPS) is 25.1. The third-order valence-electron chi connectivity index (χ3n) is 8.00. The summed E-state index contributed by atoms with van der Waals surface area (Å²) in [6, 6.07) is 2.50. The zero-order valence-electron chi connectivity index (χ0n) is 22.9. The van der Waals surface area contributed by atoms with Crippen LogP contribution in [0.3, 0.4) is 0 Å². The van der Waals surface area contributed by atoms with Gasteiger partial charge in [-0.3, -0.25) is 14.4 Å². The molecule has 2 amide bonds. The number of ether oxygens (including phenoxy) is 3. The van der Waals surface area contributed by atoms with Crippen molar-refractivity contribution in [3.05, 3.63) is 32.9 Å². The minimum Gasteiger partial charge on any atom is -0.493 e. The number of hydrogen-bond donors (Lipinski definition) is 3. The van der Waals surface area contributed by atoms with Gasteiger partial charge in [-0.1, -0.05) is 19.3 Å². The van der Waals surface area contributed by atoms with E-state index in [0.717, 1.165) is 25.7 Å². The molecular weight excluding hydrogens is 631 g/mol. The number of nitrogens with zero attached hydrogens (tertiary/aromatic N) is 1. The Labute approximate surface area is 248 Å². The van der Waals surface area contributed by atoms with E-state index in [4.69, 9.17) is 14.2 Å². The molecule has 1 aliphatic heterocycles. The van der Waals surface area contributed by atoms with Crippen LogP contribution >= 0.6 is 22.6 Å². The molecule has 0 spiro atoms. The zero-order chi connectivity index (χ0) is 28.6. The summed E-state index contributed by atoms with van der Waals surface area (Å²) < 4.78 is 17.9. The predicted molar refractivity (Wildman–Crippen MR) is 155 cm³/mol. The fraction of sp³-hybridized carbons (Fsp3) is 0.621. The third-order valence-corrected chi connectivity index (χ3v) is 8.80. The molecule has 4 atom stereocenters. The van der Waals surface area contributed by atoms with Gasteiger partial charge in [0.1, 0.15) is 18.5 Å². The van der Waals surface area contributed by atoms with Gasteiger partial charge < -0.3 is 34.6 Å². The van der Waals surface area contributed by atoms with Gasteiger partial charge in [0, 0.05) is 37.3 Å². The molecule has 1 aromatic rings. The molecule has 1 saturated heterocycles. The fourth-order valence-electron chi connectivity index (χ4n) is 5.84. The Morgan fingerprint density at radius 3 is 2.65 bits per heavy atom. The first-order valence-electron chi connectivity index (χ1n) is 14.0. The lowest BCUT2D eigenvalue weighted by Crippen LogP contribution is -2.57. The molecule has 2 fully saturated rings. The summed E-state index contributed by atoms with van der Waals surface area (Å²) in [5.41, 5.74) is 0.787. The highest BCUT2D eigenvalue weighted by Crippen LogP contribution is 2.38. The number of halogens is 1. The number of benzene rings is 1. The molecule has 1 aromatic carbocycles. The number of methoxy groups -OCH3 is 1. The molecule has 3 N–H and O–H groups in total. The van der Waals surface area contributed by atoms with Crippen LogP contribution in [0.5, 0.6) is 11.5 Å². The van der Waals surface area contributed by atoms with E-state index in [9.17, 15) is 24.6 Å². The molecule has 220 valence electrons. The van der Waals surface area contributed by atoms with Crippen molar-refractivity contribution in [1.82, 2.24) is 10.2 Å². The Hall–Kier alpha value is -2.22. The highest BCUT2D eigenvalue weighted by atomic mass is 127. The smallest absolute Gasteiger partial charge is 0.247 e. The molecule has 0 bridgehead atoms. The van der Waals surface area contributed by atoms with E-state index >= 15 is 0 Å². The maximum Gasteiger partial charge on any atom is 0.247 e.